The van der Waals surface area contributed by atoms with E-state index in [1.165, 1.54) is 23.1 Å². The number of hydrogen-bond acceptors (Lipinski definition) is 5. The minimum atomic E-state index is -0.112. The van der Waals surface area contributed by atoms with Crippen LogP contribution in [0.3, 0.4) is 0 Å². The Balaban J connectivity index is 1.77. The standard InChI is InChI=1S/C17H20ClN3O2S2/c1-3-11(2)19-15(22)8-14-9-24-17(21-14)25-10-16(23)20-13-6-4-12(18)5-7-13/h4-7,9,11H,3,8,10H2,1-2H3,(H,19,22)(H,20,23). The Kier molecular flexibility index (Phi) is 7.74. The number of hydrogen-bond donors (Lipinski definition) is 2. The summed E-state index contributed by atoms with van der Waals surface area (Å²) in [5.41, 5.74) is 1.43. The van der Waals surface area contributed by atoms with Crippen molar-refractivity contribution in [2.24, 2.45) is 0 Å². The molecule has 0 saturated heterocycles. The number of thiazole rings is 1. The van der Waals surface area contributed by atoms with Crippen molar-refractivity contribution in [3.63, 3.8) is 0 Å². The molecule has 134 valence electrons. The first-order valence-electron chi connectivity index (χ1n) is 7.88. The van der Waals surface area contributed by atoms with Crippen LogP contribution in [0.25, 0.3) is 0 Å². The van der Waals surface area contributed by atoms with Gasteiger partial charge in [0.05, 0.1) is 17.9 Å². The first-order valence-corrected chi connectivity index (χ1v) is 10.1. The molecular weight excluding hydrogens is 378 g/mol. The summed E-state index contributed by atoms with van der Waals surface area (Å²) in [5, 5.41) is 8.20. The van der Waals surface area contributed by atoms with Gasteiger partial charge < -0.3 is 10.6 Å². The number of carbonyl (C=O) groups excluding carboxylic acids is 2. The monoisotopic (exact) mass is 397 g/mol. The van der Waals surface area contributed by atoms with E-state index in [-0.39, 0.29) is 30.0 Å². The second-order valence-corrected chi connectivity index (χ2v) is 8.02. The first kappa shape index (κ1) is 19.8. The van der Waals surface area contributed by atoms with Gasteiger partial charge in [0.15, 0.2) is 4.34 Å². The minimum absolute atomic E-state index is 0.0309. The van der Waals surface area contributed by atoms with E-state index in [2.05, 4.69) is 15.6 Å². The number of rotatable bonds is 8. The molecule has 8 heteroatoms. The quantitative estimate of drug-likeness (QED) is 0.661. The van der Waals surface area contributed by atoms with Gasteiger partial charge in [-0.15, -0.1) is 11.3 Å². The van der Waals surface area contributed by atoms with Gasteiger partial charge >= 0.3 is 0 Å². The van der Waals surface area contributed by atoms with Crippen LogP contribution in [0.5, 0.6) is 0 Å². The lowest BCUT2D eigenvalue weighted by molar-refractivity contribution is -0.121. The van der Waals surface area contributed by atoms with Gasteiger partial charge in [-0.1, -0.05) is 30.3 Å². The third-order valence-corrected chi connectivity index (χ3v) is 5.67. The summed E-state index contributed by atoms with van der Waals surface area (Å²) in [7, 11) is 0. The van der Waals surface area contributed by atoms with Crippen LogP contribution in [-0.4, -0.2) is 28.6 Å². The number of nitrogens with one attached hydrogen (secondary N) is 2. The summed E-state index contributed by atoms with van der Waals surface area (Å²) >= 11 is 8.61. The Morgan fingerprint density at radius 2 is 2.00 bits per heavy atom. The molecule has 25 heavy (non-hydrogen) atoms. The number of nitrogens with zero attached hydrogens (tertiary/aromatic N) is 1. The molecule has 1 atom stereocenters. The molecule has 1 heterocycles. The van der Waals surface area contributed by atoms with Crippen LogP contribution in [-0.2, 0) is 16.0 Å². The topological polar surface area (TPSA) is 71.1 Å². The van der Waals surface area contributed by atoms with Crippen molar-refractivity contribution in [2.75, 3.05) is 11.1 Å². The number of thioether (sulfide) groups is 1. The predicted molar refractivity (Wildman–Crippen MR) is 105 cm³/mol. The van der Waals surface area contributed by atoms with Crippen LogP contribution in [0.2, 0.25) is 5.02 Å². The number of carbonyl (C=O) groups is 2. The predicted octanol–water partition coefficient (Wildman–Crippen LogP) is 3.98. The van der Waals surface area contributed by atoms with Gasteiger partial charge in [-0.25, -0.2) is 4.98 Å². The van der Waals surface area contributed by atoms with E-state index in [1.54, 1.807) is 24.3 Å². The number of halogens is 1. The maximum Gasteiger partial charge on any atom is 0.234 e. The molecule has 1 aromatic heterocycles. The molecule has 5 nitrogen and oxygen atoms in total. The maximum absolute atomic E-state index is 12.0. The summed E-state index contributed by atoms with van der Waals surface area (Å²) in [4.78, 5) is 28.2. The molecule has 0 aliphatic carbocycles. The molecule has 2 amide bonds. The second-order valence-electron chi connectivity index (χ2n) is 5.50. The third kappa shape index (κ3) is 7.05. The Morgan fingerprint density at radius 1 is 1.28 bits per heavy atom. The average molecular weight is 398 g/mol. The van der Waals surface area contributed by atoms with Crippen molar-refractivity contribution in [3.8, 4) is 0 Å². The van der Waals surface area contributed by atoms with E-state index in [0.29, 0.717) is 10.7 Å². The van der Waals surface area contributed by atoms with Crippen molar-refractivity contribution < 1.29 is 9.59 Å². The lowest BCUT2D eigenvalue weighted by Crippen LogP contribution is -2.33. The van der Waals surface area contributed by atoms with Crippen molar-refractivity contribution in [2.45, 2.75) is 37.1 Å². The van der Waals surface area contributed by atoms with Crippen molar-refractivity contribution >= 4 is 52.2 Å². The highest BCUT2D eigenvalue weighted by molar-refractivity contribution is 8.01. The second kappa shape index (κ2) is 9.79. The van der Waals surface area contributed by atoms with Crippen LogP contribution >= 0.6 is 34.7 Å². The van der Waals surface area contributed by atoms with Crippen LogP contribution in [0.15, 0.2) is 34.0 Å². The molecule has 0 bridgehead atoms. The van der Waals surface area contributed by atoms with Gasteiger partial charge in [0.1, 0.15) is 0 Å². The zero-order chi connectivity index (χ0) is 18.2. The fourth-order valence-electron chi connectivity index (χ4n) is 1.89. The molecule has 2 N–H and O–H groups in total. The molecule has 0 saturated carbocycles. The Hall–Kier alpha value is -1.57. The smallest absolute Gasteiger partial charge is 0.234 e. The highest BCUT2D eigenvalue weighted by atomic mass is 35.5. The fourth-order valence-corrected chi connectivity index (χ4v) is 3.66. The average Bonchev–Trinajstić information content (AvgIpc) is 3.02. The Bertz CT molecular complexity index is 719. The van der Waals surface area contributed by atoms with Gasteiger partial charge in [0.2, 0.25) is 11.8 Å². The molecule has 0 aliphatic heterocycles. The molecule has 0 radical (unpaired) electrons. The summed E-state index contributed by atoms with van der Waals surface area (Å²) < 4.78 is 0.776. The van der Waals surface area contributed by atoms with Gasteiger partial charge in [-0.3, -0.25) is 9.59 Å². The largest absolute Gasteiger partial charge is 0.353 e. The van der Waals surface area contributed by atoms with Gasteiger partial charge in [0.25, 0.3) is 0 Å². The van der Waals surface area contributed by atoms with Gasteiger partial charge in [0, 0.05) is 22.1 Å². The highest BCUT2D eigenvalue weighted by Gasteiger charge is 2.11. The van der Waals surface area contributed by atoms with E-state index < -0.39 is 0 Å². The van der Waals surface area contributed by atoms with Crippen LogP contribution in [0.1, 0.15) is 26.0 Å². The number of anilines is 1. The molecule has 2 aromatic rings. The Morgan fingerprint density at radius 3 is 2.68 bits per heavy atom. The van der Waals surface area contributed by atoms with Gasteiger partial charge in [-0.2, -0.15) is 0 Å². The lowest BCUT2D eigenvalue weighted by atomic mass is 10.2. The fraction of sp³-hybridized carbons (Fsp3) is 0.353. The highest BCUT2D eigenvalue weighted by Crippen LogP contribution is 2.23. The molecule has 1 aromatic carbocycles. The van der Waals surface area contributed by atoms with Crippen molar-refractivity contribution in [1.82, 2.24) is 10.3 Å². The van der Waals surface area contributed by atoms with E-state index in [0.717, 1.165) is 16.5 Å². The van der Waals surface area contributed by atoms with E-state index in [9.17, 15) is 9.59 Å². The molecule has 0 fully saturated rings. The van der Waals surface area contributed by atoms with E-state index in [4.69, 9.17) is 11.6 Å². The number of benzene rings is 1. The number of amides is 2. The third-order valence-electron chi connectivity index (χ3n) is 3.35. The molecule has 0 spiro atoms. The lowest BCUT2D eigenvalue weighted by Gasteiger charge is -2.10. The molecular formula is C17H20ClN3O2S2. The summed E-state index contributed by atoms with van der Waals surface area (Å²) in [5.74, 6) is 0.115. The Labute approximate surface area is 160 Å². The molecule has 0 aliphatic rings. The minimum Gasteiger partial charge on any atom is -0.353 e. The molecule has 2 rings (SSSR count). The normalized spacial score (nSPS) is 11.8. The first-order chi connectivity index (χ1) is 12.0. The van der Waals surface area contributed by atoms with Crippen LogP contribution in [0.4, 0.5) is 5.69 Å². The van der Waals surface area contributed by atoms with Crippen LogP contribution in [0, 0.1) is 0 Å². The van der Waals surface area contributed by atoms with Crippen LogP contribution < -0.4 is 10.6 Å². The number of aromatic nitrogens is 1. The van der Waals surface area contributed by atoms with Gasteiger partial charge in [-0.05, 0) is 37.6 Å². The van der Waals surface area contributed by atoms with Crippen molar-refractivity contribution in [1.29, 1.82) is 0 Å². The SMILES string of the molecule is CCC(C)NC(=O)Cc1csc(SCC(=O)Nc2ccc(Cl)cc2)n1. The zero-order valence-electron chi connectivity index (χ0n) is 14.0. The summed E-state index contributed by atoms with van der Waals surface area (Å²) in [6, 6.07) is 7.12. The maximum atomic E-state index is 12.0. The van der Waals surface area contributed by atoms with E-state index >= 15 is 0 Å². The zero-order valence-corrected chi connectivity index (χ0v) is 16.4. The summed E-state index contributed by atoms with van der Waals surface area (Å²) in [6.07, 6.45) is 1.16. The van der Waals surface area contributed by atoms with E-state index in [1.807, 2.05) is 19.2 Å². The van der Waals surface area contributed by atoms with Crippen molar-refractivity contribution in [3.05, 3.63) is 40.4 Å². The molecule has 1 unspecified atom stereocenters. The summed E-state index contributed by atoms with van der Waals surface area (Å²) in [6.45, 7) is 4.00.